The van der Waals surface area contributed by atoms with Gasteiger partial charge in [-0.15, -0.1) is 0 Å². The number of carbonyl (C=O) groups is 1. The van der Waals surface area contributed by atoms with Crippen LogP contribution in [0.2, 0.25) is 0 Å². The van der Waals surface area contributed by atoms with Crippen LogP contribution in [0.1, 0.15) is 11.1 Å². The Hall–Kier alpha value is -2.25. The molecule has 3 rings (SSSR count). The van der Waals surface area contributed by atoms with Gasteiger partial charge in [-0.1, -0.05) is 48.2 Å². The minimum Gasteiger partial charge on any atom is -0.488 e. The van der Waals surface area contributed by atoms with E-state index >= 15 is 0 Å². The van der Waals surface area contributed by atoms with Crippen LogP contribution in [-0.4, -0.2) is 27.2 Å². The molecule has 1 amide bonds. The number of para-hydroxylation sites is 1. The summed E-state index contributed by atoms with van der Waals surface area (Å²) in [5.41, 5.74) is 1.59. The van der Waals surface area contributed by atoms with E-state index in [1.807, 2.05) is 24.3 Å². The fourth-order valence-electron chi connectivity index (χ4n) is 2.04. The Morgan fingerprint density at radius 1 is 1.25 bits per heavy atom. The number of nitrogens with zero attached hydrogens (tertiary/aromatic N) is 2. The molecule has 0 aromatic heterocycles. The first-order chi connectivity index (χ1) is 11.6. The number of amides is 1. The van der Waals surface area contributed by atoms with Crippen LogP contribution in [-0.2, 0) is 11.4 Å². The van der Waals surface area contributed by atoms with Crippen molar-refractivity contribution in [3.8, 4) is 5.75 Å². The van der Waals surface area contributed by atoms with Gasteiger partial charge in [-0.05, 0) is 29.8 Å². The summed E-state index contributed by atoms with van der Waals surface area (Å²) in [7, 11) is 0. The molecule has 0 atom stereocenters. The average molecular weight is 360 g/mol. The molecule has 1 saturated heterocycles. The molecular weight excluding hydrogens is 347 g/mol. The first-order valence-corrected chi connectivity index (χ1v) is 8.53. The molecule has 7 heteroatoms. The SMILES string of the molecule is O=C1CSC(=S)N1/N=C\c1ccccc1OCc1ccc(F)cc1. The third-order valence-corrected chi connectivity index (χ3v) is 4.60. The lowest BCUT2D eigenvalue weighted by Crippen LogP contribution is -2.22. The van der Waals surface area contributed by atoms with E-state index in [4.69, 9.17) is 17.0 Å². The maximum atomic E-state index is 12.9. The van der Waals surface area contributed by atoms with Gasteiger partial charge in [-0.25, -0.2) is 4.39 Å². The molecule has 24 heavy (non-hydrogen) atoms. The number of carbonyl (C=O) groups excluding carboxylic acids is 1. The molecule has 1 aliphatic heterocycles. The van der Waals surface area contributed by atoms with Gasteiger partial charge in [0.15, 0.2) is 4.32 Å². The Morgan fingerprint density at radius 2 is 2.00 bits per heavy atom. The zero-order chi connectivity index (χ0) is 16.9. The van der Waals surface area contributed by atoms with Crippen LogP contribution in [0, 0.1) is 5.82 Å². The molecule has 0 aliphatic carbocycles. The van der Waals surface area contributed by atoms with Crippen molar-refractivity contribution in [1.82, 2.24) is 5.01 Å². The summed E-state index contributed by atoms with van der Waals surface area (Å²) < 4.78 is 19.1. The van der Waals surface area contributed by atoms with Crippen LogP contribution < -0.4 is 4.74 Å². The molecule has 1 aliphatic rings. The van der Waals surface area contributed by atoms with E-state index in [0.29, 0.717) is 22.4 Å². The van der Waals surface area contributed by atoms with E-state index in [2.05, 4.69) is 5.10 Å². The monoisotopic (exact) mass is 360 g/mol. The summed E-state index contributed by atoms with van der Waals surface area (Å²) in [6.45, 7) is 0.308. The van der Waals surface area contributed by atoms with Crippen molar-refractivity contribution in [1.29, 1.82) is 0 Å². The van der Waals surface area contributed by atoms with E-state index in [1.54, 1.807) is 18.3 Å². The molecule has 2 aromatic rings. The van der Waals surface area contributed by atoms with Crippen LogP contribution in [0.5, 0.6) is 5.75 Å². The second-order valence-electron chi connectivity index (χ2n) is 4.96. The molecule has 2 aromatic carbocycles. The number of halogens is 1. The number of hydrogen-bond acceptors (Lipinski definition) is 5. The summed E-state index contributed by atoms with van der Waals surface area (Å²) in [5, 5.41) is 5.37. The van der Waals surface area contributed by atoms with Gasteiger partial charge < -0.3 is 4.74 Å². The van der Waals surface area contributed by atoms with E-state index in [1.165, 1.54) is 28.9 Å². The van der Waals surface area contributed by atoms with Crippen LogP contribution in [0.25, 0.3) is 0 Å². The zero-order valence-corrected chi connectivity index (χ0v) is 14.1. The van der Waals surface area contributed by atoms with Gasteiger partial charge in [0.05, 0.1) is 12.0 Å². The average Bonchev–Trinajstić information content (AvgIpc) is 2.91. The van der Waals surface area contributed by atoms with Crippen LogP contribution in [0.3, 0.4) is 0 Å². The standard InChI is InChI=1S/C17H13FN2O2S2/c18-14-7-5-12(6-8-14)10-22-15-4-2-1-3-13(15)9-19-20-16(21)11-24-17(20)23/h1-9H,10-11H2/b19-9-. The molecule has 0 saturated carbocycles. The summed E-state index contributed by atoms with van der Waals surface area (Å²) in [6.07, 6.45) is 1.55. The zero-order valence-electron chi connectivity index (χ0n) is 12.5. The van der Waals surface area contributed by atoms with E-state index in [-0.39, 0.29) is 11.7 Å². The third kappa shape index (κ3) is 3.98. The second-order valence-corrected chi connectivity index (χ2v) is 6.57. The largest absolute Gasteiger partial charge is 0.488 e. The highest BCUT2D eigenvalue weighted by Crippen LogP contribution is 2.21. The fraction of sp³-hybridized carbons (Fsp3) is 0.118. The number of hydrogen-bond donors (Lipinski definition) is 0. The van der Waals surface area contributed by atoms with Crippen molar-refractivity contribution in [2.24, 2.45) is 5.10 Å². The Labute approximate surface area is 148 Å². The summed E-state index contributed by atoms with van der Waals surface area (Å²) in [6, 6.07) is 13.5. The minimum absolute atomic E-state index is 0.133. The molecule has 122 valence electrons. The van der Waals surface area contributed by atoms with Crippen LogP contribution in [0.15, 0.2) is 53.6 Å². The minimum atomic E-state index is -0.282. The van der Waals surface area contributed by atoms with Crippen molar-refractivity contribution in [3.05, 3.63) is 65.5 Å². The van der Waals surface area contributed by atoms with Gasteiger partial charge in [0, 0.05) is 5.56 Å². The number of benzene rings is 2. The van der Waals surface area contributed by atoms with Crippen molar-refractivity contribution in [2.75, 3.05) is 5.75 Å². The highest BCUT2D eigenvalue weighted by molar-refractivity contribution is 8.23. The lowest BCUT2D eigenvalue weighted by atomic mass is 10.2. The lowest BCUT2D eigenvalue weighted by Gasteiger charge is -2.10. The van der Waals surface area contributed by atoms with Gasteiger partial charge in [0.2, 0.25) is 0 Å². The lowest BCUT2D eigenvalue weighted by molar-refractivity contribution is -0.123. The normalized spacial score (nSPS) is 14.6. The van der Waals surface area contributed by atoms with Crippen molar-refractivity contribution in [3.63, 3.8) is 0 Å². The number of rotatable bonds is 5. The van der Waals surface area contributed by atoms with Gasteiger partial charge in [-0.2, -0.15) is 10.1 Å². The molecule has 1 fully saturated rings. The highest BCUT2D eigenvalue weighted by Gasteiger charge is 2.26. The fourth-order valence-corrected chi connectivity index (χ4v) is 3.01. The second kappa shape index (κ2) is 7.55. The topological polar surface area (TPSA) is 41.9 Å². The maximum absolute atomic E-state index is 12.9. The first kappa shape index (κ1) is 16.6. The van der Waals surface area contributed by atoms with Crippen LogP contribution >= 0.6 is 24.0 Å². The van der Waals surface area contributed by atoms with Crippen LogP contribution in [0.4, 0.5) is 4.39 Å². The summed E-state index contributed by atoms with van der Waals surface area (Å²) >= 11 is 6.38. The van der Waals surface area contributed by atoms with E-state index in [0.717, 1.165) is 11.1 Å². The highest BCUT2D eigenvalue weighted by atomic mass is 32.2. The van der Waals surface area contributed by atoms with Crippen molar-refractivity contribution in [2.45, 2.75) is 6.61 Å². The third-order valence-electron chi connectivity index (χ3n) is 3.27. The molecule has 0 radical (unpaired) electrons. The number of ether oxygens (including phenoxy) is 1. The molecule has 0 spiro atoms. The Morgan fingerprint density at radius 3 is 2.71 bits per heavy atom. The molecule has 4 nitrogen and oxygen atoms in total. The van der Waals surface area contributed by atoms with E-state index < -0.39 is 0 Å². The van der Waals surface area contributed by atoms with Crippen molar-refractivity contribution >= 4 is 40.4 Å². The Kier molecular flexibility index (Phi) is 5.22. The molecule has 1 heterocycles. The Balaban J connectivity index is 1.72. The Bertz CT molecular complexity index is 777. The predicted octanol–water partition coefficient (Wildman–Crippen LogP) is 3.60. The van der Waals surface area contributed by atoms with Gasteiger partial charge in [-0.3, -0.25) is 4.79 Å². The first-order valence-electron chi connectivity index (χ1n) is 7.13. The quantitative estimate of drug-likeness (QED) is 0.604. The van der Waals surface area contributed by atoms with Crippen molar-refractivity contribution < 1.29 is 13.9 Å². The van der Waals surface area contributed by atoms with Gasteiger partial charge in [0.25, 0.3) is 5.91 Å². The van der Waals surface area contributed by atoms with E-state index in [9.17, 15) is 9.18 Å². The molecular formula is C17H13FN2O2S2. The maximum Gasteiger partial charge on any atom is 0.259 e. The number of thioether (sulfide) groups is 1. The summed E-state index contributed by atoms with van der Waals surface area (Å²) in [5.74, 6) is 0.524. The predicted molar refractivity (Wildman–Crippen MR) is 96.7 cm³/mol. The van der Waals surface area contributed by atoms with Gasteiger partial charge in [0.1, 0.15) is 18.2 Å². The molecule has 0 bridgehead atoms. The number of hydrazone groups is 1. The molecule has 0 unspecified atom stereocenters. The smallest absolute Gasteiger partial charge is 0.259 e. The number of thiocarbonyl (C=S) groups is 1. The molecule has 0 N–H and O–H groups in total. The summed E-state index contributed by atoms with van der Waals surface area (Å²) in [4.78, 5) is 11.7. The van der Waals surface area contributed by atoms with Gasteiger partial charge >= 0.3 is 0 Å².